The molecule has 1 saturated carbocycles. The van der Waals surface area contributed by atoms with Gasteiger partial charge < -0.3 is 15.4 Å². The van der Waals surface area contributed by atoms with E-state index in [0.717, 1.165) is 6.42 Å². The van der Waals surface area contributed by atoms with Crippen molar-refractivity contribution in [1.29, 1.82) is 0 Å². The van der Waals surface area contributed by atoms with E-state index < -0.39 is 12.5 Å². The summed E-state index contributed by atoms with van der Waals surface area (Å²) in [6.07, 6.45) is 9.86. The Hall–Kier alpha value is -2.44. The van der Waals surface area contributed by atoms with Crippen LogP contribution >= 0.6 is 0 Å². The zero-order valence-corrected chi connectivity index (χ0v) is 15.3. The minimum absolute atomic E-state index is 0.0521. The van der Waals surface area contributed by atoms with E-state index in [9.17, 15) is 18.4 Å². The van der Waals surface area contributed by atoms with Crippen molar-refractivity contribution >= 4 is 17.9 Å². The van der Waals surface area contributed by atoms with E-state index in [0.29, 0.717) is 18.0 Å². The summed E-state index contributed by atoms with van der Waals surface area (Å²) in [5, 5.41) is 0. The number of hydrogen-bond acceptors (Lipinski definition) is 3. The summed E-state index contributed by atoms with van der Waals surface area (Å²) in [4.78, 5) is 25.2. The van der Waals surface area contributed by atoms with Gasteiger partial charge >= 0.3 is 6.61 Å². The molecule has 2 N–H and O–H groups in total. The predicted molar refractivity (Wildman–Crippen MR) is 99.1 cm³/mol. The molecule has 0 unspecified atom stereocenters. The molecule has 27 heavy (non-hydrogen) atoms. The lowest BCUT2D eigenvalue weighted by Gasteiger charge is -2.25. The third-order valence-electron chi connectivity index (χ3n) is 4.71. The Labute approximate surface area is 158 Å². The molecule has 0 bridgehead atoms. The molecule has 0 spiro atoms. The first-order valence-electron chi connectivity index (χ1n) is 9.24. The van der Waals surface area contributed by atoms with Crippen LogP contribution in [0, 0.1) is 5.92 Å². The molecule has 1 aliphatic carbocycles. The van der Waals surface area contributed by atoms with Gasteiger partial charge in [0, 0.05) is 12.6 Å². The van der Waals surface area contributed by atoms with Gasteiger partial charge in [-0.25, -0.2) is 0 Å². The number of benzene rings is 1. The van der Waals surface area contributed by atoms with Crippen LogP contribution in [0.3, 0.4) is 0 Å². The number of primary amides is 1. The lowest BCUT2D eigenvalue weighted by Crippen LogP contribution is -2.38. The Bertz CT molecular complexity index is 641. The molecule has 1 fully saturated rings. The number of nitrogens with two attached hydrogens (primary N) is 1. The Kier molecular flexibility index (Phi) is 8.23. The van der Waals surface area contributed by atoms with Crippen LogP contribution in [0.4, 0.5) is 8.78 Å². The van der Waals surface area contributed by atoms with Crippen molar-refractivity contribution in [3.63, 3.8) is 0 Å². The average molecular weight is 380 g/mol. The number of halogens is 2. The summed E-state index contributed by atoms with van der Waals surface area (Å²) in [6, 6.07) is 5.95. The maximum Gasteiger partial charge on any atom is 0.387 e. The lowest BCUT2D eigenvalue weighted by molar-refractivity contribution is -0.131. The normalized spacial score (nSPS) is 15.2. The third kappa shape index (κ3) is 7.76. The molecule has 0 radical (unpaired) electrons. The van der Waals surface area contributed by atoms with Gasteiger partial charge in [-0.1, -0.05) is 44.2 Å². The number of ether oxygens (including phenoxy) is 1. The highest BCUT2D eigenvalue weighted by atomic mass is 19.3. The minimum Gasteiger partial charge on any atom is -0.435 e. The van der Waals surface area contributed by atoms with Crippen molar-refractivity contribution in [2.75, 3.05) is 13.1 Å². The van der Waals surface area contributed by atoms with Crippen LogP contribution in [0.25, 0.3) is 6.08 Å². The number of rotatable bonds is 9. The van der Waals surface area contributed by atoms with Crippen molar-refractivity contribution in [3.8, 4) is 5.75 Å². The number of nitrogens with zero attached hydrogens (tertiary/aromatic N) is 1. The summed E-state index contributed by atoms with van der Waals surface area (Å²) in [6.45, 7) is -2.49. The molecule has 1 aliphatic rings. The molecule has 2 amide bonds. The van der Waals surface area contributed by atoms with Gasteiger partial charge in [0.1, 0.15) is 5.75 Å². The molecule has 1 aromatic carbocycles. The van der Waals surface area contributed by atoms with Crippen molar-refractivity contribution in [2.24, 2.45) is 11.7 Å². The van der Waals surface area contributed by atoms with E-state index in [-0.39, 0.29) is 18.2 Å². The van der Waals surface area contributed by atoms with Crippen LogP contribution in [0.2, 0.25) is 0 Å². The van der Waals surface area contributed by atoms with Gasteiger partial charge in [-0.3, -0.25) is 9.59 Å². The number of amides is 2. The number of alkyl halides is 2. The predicted octanol–water partition coefficient (Wildman–Crippen LogP) is 3.59. The summed E-state index contributed by atoms with van der Waals surface area (Å²) >= 11 is 0. The van der Waals surface area contributed by atoms with Crippen LogP contribution in [0.15, 0.2) is 30.3 Å². The largest absolute Gasteiger partial charge is 0.435 e. The van der Waals surface area contributed by atoms with Gasteiger partial charge in [-0.05, 0) is 36.1 Å². The second-order valence-electron chi connectivity index (χ2n) is 6.80. The molecule has 0 aliphatic heterocycles. The zero-order chi connectivity index (χ0) is 19.6. The Morgan fingerprint density at radius 1 is 1.19 bits per heavy atom. The van der Waals surface area contributed by atoms with E-state index >= 15 is 0 Å². The van der Waals surface area contributed by atoms with E-state index in [1.54, 1.807) is 18.2 Å². The fourth-order valence-electron chi connectivity index (χ4n) is 3.30. The lowest BCUT2D eigenvalue weighted by atomic mass is 9.87. The van der Waals surface area contributed by atoms with Crippen LogP contribution in [0.5, 0.6) is 5.75 Å². The smallest absolute Gasteiger partial charge is 0.387 e. The molecule has 148 valence electrons. The molecule has 0 atom stereocenters. The highest BCUT2D eigenvalue weighted by molar-refractivity contribution is 5.94. The Morgan fingerprint density at radius 3 is 2.44 bits per heavy atom. The first-order valence-corrected chi connectivity index (χ1v) is 9.24. The number of carbonyl (C=O) groups excluding carboxylic acids is 2. The molecular weight excluding hydrogens is 354 g/mol. The topological polar surface area (TPSA) is 72.6 Å². The van der Waals surface area contributed by atoms with Crippen LogP contribution in [0.1, 0.15) is 44.1 Å². The minimum atomic E-state index is -2.88. The maximum absolute atomic E-state index is 12.4. The molecule has 5 nitrogen and oxygen atoms in total. The quantitative estimate of drug-likeness (QED) is 0.666. The molecule has 2 rings (SSSR count). The van der Waals surface area contributed by atoms with Gasteiger partial charge in [-0.2, -0.15) is 8.78 Å². The number of carbonyl (C=O) groups is 2. The fraction of sp³-hybridized carbons (Fsp3) is 0.500. The van der Waals surface area contributed by atoms with Crippen molar-refractivity contribution in [1.82, 2.24) is 4.90 Å². The first-order chi connectivity index (χ1) is 12.9. The van der Waals surface area contributed by atoms with Crippen LogP contribution in [-0.4, -0.2) is 36.4 Å². The van der Waals surface area contributed by atoms with Gasteiger partial charge in [0.25, 0.3) is 0 Å². The average Bonchev–Trinajstić information content (AvgIpc) is 2.64. The molecule has 0 saturated heterocycles. The second kappa shape index (κ2) is 10.6. The fourth-order valence-corrected chi connectivity index (χ4v) is 3.30. The van der Waals surface area contributed by atoms with Gasteiger partial charge in [-0.15, -0.1) is 0 Å². The summed E-state index contributed by atoms with van der Waals surface area (Å²) in [7, 11) is 0. The van der Waals surface area contributed by atoms with Gasteiger partial charge in [0.05, 0.1) is 6.54 Å². The Morgan fingerprint density at radius 2 is 1.85 bits per heavy atom. The summed E-state index contributed by atoms with van der Waals surface area (Å²) < 4.78 is 28.6. The highest BCUT2D eigenvalue weighted by Gasteiger charge is 2.18. The summed E-state index contributed by atoms with van der Waals surface area (Å²) in [5.41, 5.74) is 5.93. The van der Waals surface area contributed by atoms with Gasteiger partial charge in [0.15, 0.2) is 0 Å². The van der Waals surface area contributed by atoms with Crippen LogP contribution < -0.4 is 10.5 Å². The number of hydrogen-bond donors (Lipinski definition) is 1. The van der Waals surface area contributed by atoms with Crippen molar-refractivity contribution in [3.05, 3.63) is 35.9 Å². The maximum atomic E-state index is 12.4. The van der Waals surface area contributed by atoms with E-state index in [4.69, 9.17) is 5.73 Å². The molecule has 0 aromatic heterocycles. The highest BCUT2D eigenvalue weighted by Crippen LogP contribution is 2.26. The Balaban J connectivity index is 1.92. The van der Waals surface area contributed by atoms with Crippen molar-refractivity contribution in [2.45, 2.75) is 45.1 Å². The molecule has 0 heterocycles. The molecule has 7 heteroatoms. The molecular formula is C20H26F2N2O3. The summed E-state index contributed by atoms with van der Waals surface area (Å²) in [5.74, 6) is -0.198. The van der Waals surface area contributed by atoms with Crippen LogP contribution in [-0.2, 0) is 9.59 Å². The molecule has 1 aromatic rings. The SMILES string of the molecule is NC(=O)CN(CCC1CCCCC1)C(=O)/C=C/c1ccc(OC(F)F)cc1. The standard InChI is InChI=1S/C20H26F2N2O3/c21-20(22)27-17-9-6-16(7-10-17)8-11-19(26)24(14-18(23)25)13-12-15-4-2-1-3-5-15/h6-11,15,20H,1-5,12-14H2,(H2,23,25)/b11-8+. The van der Waals surface area contributed by atoms with E-state index in [1.165, 1.54) is 55.2 Å². The zero-order valence-electron chi connectivity index (χ0n) is 15.3. The second-order valence-corrected chi connectivity index (χ2v) is 6.80. The monoisotopic (exact) mass is 380 g/mol. The third-order valence-corrected chi connectivity index (χ3v) is 4.71. The van der Waals surface area contributed by atoms with Gasteiger partial charge in [0.2, 0.25) is 11.8 Å². The first kappa shape index (κ1) is 20.9. The van der Waals surface area contributed by atoms with Crippen molar-refractivity contribution < 1.29 is 23.1 Å². The van der Waals surface area contributed by atoms with E-state index in [1.807, 2.05) is 0 Å². The van der Waals surface area contributed by atoms with E-state index in [2.05, 4.69) is 4.74 Å².